The van der Waals surface area contributed by atoms with Gasteiger partial charge in [0.2, 0.25) is 0 Å². The Morgan fingerprint density at radius 3 is 2.31 bits per heavy atom. The van der Waals surface area contributed by atoms with E-state index in [0.29, 0.717) is 0 Å². The third-order valence-corrected chi connectivity index (χ3v) is 1.46. The van der Waals surface area contributed by atoms with Gasteiger partial charge in [0.1, 0.15) is 0 Å². The Morgan fingerprint density at radius 1 is 1.31 bits per heavy atom. The van der Waals surface area contributed by atoms with Gasteiger partial charge in [-0.05, 0) is 39.3 Å². The maximum absolute atomic E-state index is 5.78. The van der Waals surface area contributed by atoms with Crippen LogP contribution < -0.4 is 5.73 Å². The fraction of sp³-hybridized carbons (Fsp3) is 0.417. The standard InChI is InChI=1S/C12H19N/c1-5-6-7-8-12(11(4)13)9-10(2)3/h5-8,11H,13H2,1-4H3/b6-5-,8-7-. The lowest BCUT2D eigenvalue weighted by Crippen LogP contribution is -2.16. The Hall–Kier alpha value is -1.04. The van der Waals surface area contributed by atoms with Crippen molar-refractivity contribution in [1.82, 2.24) is 0 Å². The van der Waals surface area contributed by atoms with E-state index in [-0.39, 0.29) is 6.04 Å². The van der Waals surface area contributed by atoms with Gasteiger partial charge in [-0.3, -0.25) is 0 Å². The Bertz CT molecular complexity index is 257. The Balaban J connectivity index is 4.76. The summed E-state index contributed by atoms with van der Waals surface area (Å²) in [5, 5.41) is 0. The molecule has 0 amide bonds. The fourth-order valence-corrected chi connectivity index (χ4v) is 0.866. The van der Waals surface area contributed by atoms with Crippen molar-refractivity contribution >= 4 is 0 Å². The molecule has 0 heterocycles. The van der Waals surface area contributed by atoms with Gasteiger partial charge in [0.15, 0.2) is 0 Å². The van der Waals surface area contributed by atoms with E-state index < -0.39 is 0 Å². The highest BCUT2D eigenvalue weighted by atomic mass is 14.6. The van der Waals surface area contributed by atoms with Crippen LogP contribution in [0.4, 0.5) is 0 Å². The number of hydrogen-bond acceptors (Lipinski definition) is 1. The molecule has 0 fully saturated rings. The minimum atomic E-state index is 0.0383. The predicted octanol–water partition coefficient (Wildman–Crippen LogP) is 2.96. The van der Waals surface area contributed by atoms with Gasteiger partial charge in [0.05, 0.1) is 0 Å². The average molecular weight is 177 g/mol. The molecule has 72 valence electrons. The molecule has 2 N–H and O–H groups in total. The van der Waals surface area contributed by atoms with Crippen molar-refractivity contribution in [3.63, 3.8) is 0 Å². The Kier molecular flexibility index (Phi) is 5.96. The minimum absolute atomic E-state index is 0.0383. The largest absolute Gasteiger partial charge is 0.324 e. The first-order valence-corrected chi connectivity index (χ1v) is 4.57. The second-order valence-corrected chi connectivity index (χ2v) is 3.25. The summed E-state index contributed by atoms with van der Waals surface area (Å²) in [5.41, 5.74) is 11.2. The highest BCUT2D eigenvalue weighted by molar-refractivity contribution is 5.26. The summed E-state index contributed by atoms with van der Waals surface area (Å²) in [6.45, 7) is 7.99. The highest BCUT2D eigenvalue weighted by Gasteiger charge is 1.96. The summed E-state index contributed by atoms with van der Waals surface area (Å²) < 4.78 is 0. The molecule has 0 saturated carbocycles. The number of nitrogens with two attached hydrogens (primary N) is 1. The zero-order chi connectivity index (χ0) is 10.3. The predicted molar refractivity (Wildman–Crippen MR) is 59.5 cm³/mol. The van der Waals surface area contributed by atoms with Crippen molar-refractivity contribution in [2.24, 2.45) is 5.73 Å². The van der Waals surface area contributed by atoms with E-state index in [1.807, 2.05) is 52.0 Å². The van der Waals surface area contributed by atoms with Crippen LogP contribution in [0.3, 0.4) is 0 Å². The summed E-state index contributed by atoms with van der Waals surface area (Å²) in [6.07, 6.45) is 7.94. The molecule has 0 aromatic heterocycles. The van der Waals surface area contributed by atoms with Gasteiger partial charge in [-0.15, -0.1) is 5.73 Å². The lowest BCUT2D eigenvalue weighted by atomic mass is 10.1. The van der Waals surface area contributed by atoms with Crippen molar-refractivity contribution in [1.29, 1.82) is 0 Å². The molecule has 0 radical (unpaired) electrons. The van der Waals surface area contributed by atoms with Gasteiger partial charge in [-0.25, -0.2) is 0 Å². The zero-order valence-corrected chi connectivity index (χ0v) is 8.96. The quantitative estimate of drug-likeness (QED) is 0.520. The van der Waals surface area contributed by atoms with Crippen molar-refractivity contribution < 1.29 is 0 Å². The van der Waals surface area contributed by atoms with Gasteiger partial charge in [0.25, 0.3) is 0 Å². The van der Waals surface area contributed by atoms with E-state index in [2.05, 4.69) is 5.73 Å². The number of rotatable bonds is 3. The van der Waals surface area contributed by atoms with E-state index in [4.69, 9.17) is 5.73 Å². The number of allylic oxidation sites excluding steroid dienone is 3. The smallest absolute Gasteiger partial charge is 0.0339 e. The van der Waals surface area contributed by atoms with Gasteiger partial charge >= 0.3 is 0 Å². The lowest BCUT2D eigenvalue weighted by molar-refractivity contribution is 0.886. The Labute approximate surface area is 81.3 Å². The molecule has 1 heteroatoms. The van der Waals surface area contributed by atoms with Gasteiger partial charge in [-0.2, -0.15) is 0 Å². The van der Waals surface area contributed by atoms with E-state index in [9.17, 15) is 0 Å². The molecule has 0 aromatic rings. The molecule has 1 atom stereocenters. The zero-order valence-electron chi connectivity index (χ0n) is 8.96. The minimum Gasteiger partial charge on any atom is -0.324 e. The maximum Gasteiger partial charge on any atom is 0.0339 e. The first kappa shape index (κ1) is 12.0. The first-order chi connectivity index (χ1) is 6.07. The van der Waals surface area contributed by atoms with Crippen LogP contribution in [0.1, 0.15) is 27.7 Å². The van der Waals surface area contributed by atoms with Crippen LogP contribution in [0.5, 0.6) is 0 Å². The first-order valence-electron chi connectivity index (χ1n) is 4.57. The van der Waals surface area contributed by atoms with E-state index >= 15 is 0 Å². The fourth-order valence-electron chi connectivity index (χ4n) is 0.866. The van der Waals surface area contributed by atoms with Crippen LogP contribution in [0.25, 0.3) is 0 Å². The summed E-state index contributed by atoms with van der Waals surface area (Å²) >= 11 is 0. The second-order valence-electron chi connectivity index (χ2n) is 3.25. The summed E-state index contributed by atoms with van der Waals surface area (Å²) in [7, 11) is 0. The lowest BCUT2D eigenvalue weighted by Gasteiger charge is -2.02. The van der Waals surface area contributed by atoms with E-state index in [1.165, 1.54) is 0 Å². The van der Waals surface area contributed by atoms with Crippen LogP contribution in [0.15, 0.2) is 41.2 Å². The normalized spacial score (nSPS) is 13.3. The molecule has 0 rings (SSSR count). The molecule has 1 nitrogen and oxygen atoms in total. The molecule has 0 aliphatic heterocycles. The van der Waals surface area contributed by atoms with Gasteiger partial charge < -0.3 is 5.73 Å². The summed E-state index contributed by atoms with van der Waals surface area (Å²) in [4.78, 5) is 0. The van der Waals surface area contributed by atoms with Gasteiger partial charge in [0, 0.05) is 11.6 Å². The molecular formula is C12H19N. The van der Waals surface area contributed by atoms with Crippen LogP contribution in [0.2, 0.25) is 0 Å². The van der Waals surface area contributed by atoms with Crippen molar-refractivity contribution in [3.05, 3.63) is 41.2 Å². The third kappa shape index (κ3) is 6.15. The van der Waals surface area contributed by atoms with Crippen LogP contribution in [0, 0.1) is 0 Å². The summed E-state index contributed by atoms with van der Waals surface area (Å²) in [6, 6.07) is 0.0383. The molecule has 13 heavy (non-hydrogen) atoms. The highest BCUT2D eigenvalue weighted by Crippen LogP contribution is 2.02. The average Bonchev–Trinajstić information content (AvgIpc) is 2.02. The number of hydrogen-bond donors (Lipinski definition) is 1. The Morgan fingerprint density at radius 2 is 1.92 bits per heavy atom. The van der Waals surface area contributed by atoms with Crippen molar-refractivity contribution in [2.45, 2.75) is 33.7 Å². The molecular weight excluding hydrogens is 158 g/mol. The van der Waals surface area contributed by atoms with Crippen LogP contribution in [-0.2, 0) is 0 Å². The van der Waals surface area contributed by atoms with E-state index in [1.54, 1.807) is 0 Å². The maximum atomic E-state index is 5.78. The molecule has 0 aliphatic carbocycles. The third-order valence-electron chi connectivity index (χ3n) is 1.46. The SMILES string of the molecule is C/C=C\C=C/C(=C=C(C)C)C(C)N. The van der Waals surface area contributed by atoms with Crippen LogP contribution in [-0.4, -0.2) is 6.04 Å². The molecule has 0 saturated heterocycles. The second kappa shape index (κ2) is 6.47. The van der Waals surface area contributed by atoms with Crippen LogP contribution >= 0.6 is 0 Å². The monoisotopic (exact) mass is 177 g/mol. The molecule has 0 bridgehead atoms. The molecule has 0 spiro atoms. The molecule has 0 aromatic carbocycles. The molecule has 0 aliphatic rings. The summed E-state index contributed by atoms with van der Waals surface area (Å²) in [5.74, 6) is 0. The molecule has 1 unspecified atom stereocenters. The van der Waals surface area contributed by atoms with Gasteiger partial charge in [-0.1, -0.05) is 18.2 Å². The van der Waals surface area contributed by atoms with E-state index in [0.717, 1.165) is 11.1 Å². The topological polar surface area (TPSA) is 26.0 Å². The van der Waals surface area contributed by atoms with Crippen molar-refractivity contribution in [3.8, 4) is 0 Å². The van der Waals surface area contributed by atoms with Crippen molar-refractivity contribution in [2.75, 3.05) is 0 Å².